The van der Waals surface area contributed by atoms with Crippen molar-refractivity contribution in [3.63, 3.8) is 0 Å². The van der Waals surface area contributed by atoms with Crippen LogP contribution in [-0.2, 0) is 11.2 Å². The van der Waals surface area contributed by atoms with Crippen LogP contribution in [-0.4, -0.2) is 26.1 Å². The quantitative estimate of drug-likeness (QED) is 0.220. The summed E-state index contributed by atoms with van der Waals surface area (Å²) in [5.41, 5.74) is 9.35. The summed E-state index contributed by atoms with van der Waals surface area (Å²) in [6.07, 6.45) is 7.21. The maximum Gasteiger partial charge on any atom is 0.228 e. The van der Waals surface area contributed by atoms with Gasteiger partial charge in [0.1, 0.15) is 5.69 Å². The Bertz CT molecular complexity index is 1930. The molecular formula is C32H23N5O2. The van der Waals surface area contributed by atoms with E-state index in [1.165, 1.54) is 0 Å². The van der Waals surface area contributed by atoms with Crippen LogP contribution in [0.15, 0.2) is 114 Å². The summed E-state index contributed by atoms with van der Waals surface area (Å²) >= 11 is 0. The Labute approximate surface area is 223 Å². The van der Waals surface area contributed by atoms with Crippen LogP contribution in [0.1, 0.15) is 5.56 Å². The molecule has 0 atom stereocenters. The smallest absolute Gasteiger partial charge is 0.228 e. The lowest BCUT2D eigenvalue weighted by Gasteiger charge is -2.08. The first-order valence-corrected chi connectivity index (χ1v) is 12.6. The molecule has 0 aliphatic heterocycles. The number of aromatic amines is 2. The van der Waals surface area contributed by atoms with E-state index in [0.29, 0.717) is 12.1 Å². The third kappa shape index (κ3) is 4.36. The van der Waals surface area contributed by atoms with Crippen LogP contribution in [0.4, 0.5) is 5.69 Å². The Hall–Kier alpha value is -5.43. The first-order valence-electron chi connectivity index (χ1n) is 12.6. The van der Waals surface area contributed by atoms with E-state index < -0.39 is 0 Å². The molecule has 0 aliphatic rings. The Balaban J connectivity index is 1.21. The Kier molecular flexibility index (Phi) is 5.52. The fourth-order valence-electron chi connectivity index (χ4n) is 5.00. The van der Waals surface area contributed by atoms with E-state index in [2.05, 4.69) is 49.7 Å². The van der Waals surface area contributed by atoms with Crippen LogP contribution >= 0.6 is 0 Å². The van der Waals surface area contributed by atoms with Gasteiger partial charge in [-0.25, -0.2) is 0 Å². The second kappa shape index (κ2) is 9.46. The number of anilines is 1. The monoisotopic (exact) mass is 509 g/mol. The molecule has 7 rings (SSSR count). The van der Waals surface area contributed by atoms with Crippen LogP contribution in [0.2, 0.25) is 0 Å². The molecule has 4 heterocycles. The summed E-state index contributed by atoms with van der Waals surface area (Å²) in [5, 5.41) is 12.9. The van der Waals surface area contributed by atoms with Crippen molar-refractivity contribution >= 4 is 33.4 Å². The van der Waals surface area contributed by atoms with Crippen molar-refractivity contribution in [2.24, 2.45) is 0 Å². The Morgan fingerprint density at radius 1 is 0.821 bits per heavy atom. The number of rotatable bonds is 6. The van der Waals surface area contributed by atoms with Gasteiger partial charge >= 0.3 is 0 Å². The molecule has 0 spiro atoms. The molecule has 7 nitrogen and oxygen atoms in total. The molecule has 0 fully saturated rings. The second-order valence-electron chi connectivity index (χ2n) is 9.47. The second-order valence-corrected chi connectivity index (χ2v) is 9.47. The SMILES string of the molecule is O=C(Cc1ccccc1)Nc1cncc(-c2ccc3[nH]nc(-c4cc5c(-c6ccoc6)cccc5[nH]4)c3c2)c1. The number of aromatic nitrogens is 4. The molecule has 0 aliphatic carbocycles. The van der Waals surface area contributed by atoms with Gasteiger partial charge in [0.25, 0.3) is 0 Å². The maximum atomic E-state index is 12.6. The minimum atomic E-state index is -0.0821. The predicted molar refractivity (Wildman–Crippen MR) is 153 cm³/mol. The molecule has 0 saturated carbocycles. The number of hydrogen-bond donors (Lipinski definition) is 3. The number of hydrogen-bond acceptors (Lipinski definition) is 4. The summed E-state index contributed by atoms with van der Waals surface area (Å²) in [5.74, 6) is -0.0821. The molecule has 188 valence electrons. The fourth-order valence-corrected chi connectivity index (χ4v) is 5.00. The van der Waals surface area contributed by atoms with E-state index in [0.717, 1.165) is 61.0 Å². The molecule has 7 aromatic rings. The summed E-state index contributed by atoms with van der Waals surface area (Å²) in [6.45, 7) is 0. The van der Waals surface area contributed by atoms with Crippen molar-refractivity contribution in [3.05, 3.63) is 115 Å². The van der Waals surface area contributed by atoms with Crippen LogP contribution in [0.25, 0.3) is 55.4 Å². The number of benzene rings is 3. The standard InChI is InChI=1S/C32H23N5O2/c38-31(13-20-5-2-1-3-6-20)34-24-14-23(17-33-18-24)21-9-10-29-27(15-21)32(37-36-29)30-16-26-25(22-11-12-39-19-22)7-4-8-28(26)35-30/h1-12,14-19,35H,13H2,(H,34,38)(H,36,37). The van der Waals surface area contributed by atoms with Crippen molar-refractivity contribution in [3.8, 4) is 33.6 Å². The van der Waals surface area contributed by atoms with E-state index >= 15 is 0 Å². The number of furan rings is 1. The average Bonchev–Trinajstić information content (AvgIpc) is 3.73. The first kappa shape index (κ1) is 22.7. The first-order chi connectivity index (χ1) is 19.2. The summed E-state index contributed by atoms with van der Waals surface area (Å²) in [7, 11) is 0. The van der Waals surface area contributed by atoms with Gasteiger partial charge in [-0.2, -0.15) is 5.10 Å². The summed E-state index contributed by atoms with van der Waals surface area (Å²) < 4.78 is 5.31. The van der Waals surface area contributed by atoms with Crippen molar-refractivity contribution < 1.29 is 9.21 Å². The largest absolute Gasteiger partial charge is 0.472 e. The lowest BCUT2D eigenvalue weighted by molar-refractivity contribution is -0.115. The normalized spacial score (nSPS) is 11.3. The van der Waals surface area contributed by atoms with Gasteiger partial charge in [-0.1, -0.05) is 48.5 Å². The molecule has 1 amide bonds. The molecule has 4 aromatic heterocycles. The van der Waals surface area contributed by atoms with Crippen molar-refractivity contribution in [2.45, 2.75) is 6.42 Å². The van der Waals surface area contributed by atoms with Crippen molar-refractivity contribution in [2.75, 3.05) is 5.32 Å². The number of amides is 1. The van der Waals surface area contributed by atoms with Gasteiger partial charge in [-0.05, 0) is 53.1 Å². The van der Waals surface area contributed by atoms with Crippen LogP contribution in [0.5, 0.6) is 0 Å². The summed E-state index contributed by atoms with van der Waals surface area (Å²) in [4.78, 5) is 20.5. The van der Waals surface area contributed by atoms with Gasteiger partial charge < -0.3 is 14.7 Å². The molecule has 0 bridgehead atoms. The summed E-state index contributed by atoms with van der Waals surface area (Å²) in [6, 6.07) is 28.0. The number of nitrogens with one attached hydrogen (secondary N) is 3. The Morgan fingerprint density at radius 2 is 1.74 bits per heavy atom. The van der Waals surface area contributed by atoms with Crippen LogP contribution in [0.3, 0.4) is 0 Å². The molecule has 39 heavy (non-hydrogen) atoms. The number of nitrogens with zero attached hydrogens (tertiary/aromatic N) is 2. The topological polar surface area (TPSA) is 99.6 Å². The van der Waals surface area contributed by atoms with Gasteiger partial charge in [-0.15, -0.1) is 0 Å². The number of carbonyl (C=O) groups excluding carboxylic acids is 1. The van der Waals surface area contributed by atoms with E-state index in [1.54, 1.807) is 24.9 Å². The minimum absolute atomic E-state index is 0.0821. The zero-order valence-electron chi connectivity index (χ0n) is 20.8. The highest BCUT2D eigenvalue weighted by molar-refractivity contribution is 6.02. The third-order valence-corrected chi connectivity index (χ3v) is 6.88. The molecule has 3 aromatic carbocycles. The van der Waals surface area contributed by atoms with Gasteiger partial charge in [0.05, 0.1) is 42.0 Å². The van der Waals surface area contributed by atoms with E-state index in [9.17, 15) is 4.79 Å². The van der Waals surface area contributed by atoms with Crippen molar-refractivity contribution in [1.29, 1.82) is 0 Å². The Morgan fingerprint density at radius 3 is 2.62 bits per heavy atom. The average molecular weight is 510 g/mol. The third-order valence-electron chi connectivity index (χ3n) is 6.88. The highest BCUT2D eigenvalue weighted by atomic mass is 16.3. The van der Waals surface area contributed by atoms with Gasteiger partial charge in [-0.3, -0.25) is 14.9 Å². The maximum absolute atomic E-state index is 12.6. The molecule has 0 saturated heterocycles. The lowest BCUT2D eigenvalue weighted by atomic mass is 10.0. The zero-order valence-corrected chi connectivity index (χ0v) is 20.8. The molecule has 0 radical (unpaired) electrons. The van der Waals surface area contributed by atoms with Crippen LogP contribution in [0, 0.1) is 0 Å². The molecular weight excluding hydrogens is 486 g/mol. The number of carbonyl (C=O) groups is 1. The number of H-pyrrole nitrogens is 2. The molecule has 7 heteroatoms. The molecule has 3 N–H and O–H groups in total. The highest BCUT2D eigenvalue weighted by Gasteiger charge is 2.15. The number of pyridine rings is 1. The van der Waals surface area contributed by atoms with Crippen molar-refractivity contribution in [1.82, 2.24) is 20.2 Å². The predicted octanol–water partition coefficient (Wildman–Crippen LogP) is 7.21. The number of fused-ring (bicyclic) bond motifs is 2. The molecule has 0 unspecified atom stereocenters. The minimum Gasteiger partial charge on any atom is -0.472 e. The van der Waals surface area contributed by atoms with Gasteiger partial charge in [0.2, 0.25) is 5.91 Å². The van der Waals surface area contributed by atoms with E-state index in [4.69, 9.17) is 4.42 Å². The fraction of sp³-hybridized carbons (Fsp3) is 0.0312. The van der Waals surface area contributed by atoms with E-state index in [1.807, 2.05) is 60.7 Å². The van der Waals surface area contributed by atoms with E-state index in [-0.39, 0.29) is 5.91 Å². The van der Waals surface area contributed by atoms with Gasteiger partial charge in [0.15, 0.2) is 0 Å². The van der Waals surface area contributed by atoms with Gasteiger partial charge in [0, 0.05) is 33.6 Å². The van der Waals surface area contributed by atoms with Crippen LogP contribution < -0.4 is 5.32 Å². The zero-order chi connectivity index (χ0) is 26.2. The highest BCUT2D eigenvalue weighted by Crippen LogP contribution is 2.35. The lowest BCUT2D eigenvalue weighted by Crippen LogP contribution is -2.14.